The summed E-state index contributed by atoms with van der Waals surface area (Å²) < 4.78 is 41.0. The van der Waals surface area contributed by atoms with Crippen molar-refractivity contribution in [2.75, 3.05) is 36.5 Å². The van der Waals surface area contributed by atoms with Gasteiger partial charge in [-0.1, -0.05) is 11.2 Å². The van der Waals surface area contributed by atoms with Crippen molar-refractivity contribution in [1.29, 1.82) is 0 Å². The van der Waals surface area contributed by atoms with Crippen molar-refractivity contribution in [2.24, 2.45) is 5.41 Å². The van der Waals surface area contributed by atoms with Gasteiger partial charge in [-0.25, -0.2) is 13.3 Å². The van der Waals surface area contributed by atoms with E-state index in [1.165, 1.54) is 12.3 Å². The number of nitrogens with one attached hydrogen (secondary N) is 1. The zero-order chi connectivity index (χ0) is 24.6. The fourth-order valence-electron chi connectivity index (χ4n) is 4.95. The molecule has 1 aromatic carbocycles. The molecular formula is C25H22F2N6O3. The van der Waals surface area contributed by atoms with Gasteiger partial charge in [-0.2, -0.15) is 10.1 Å². The number of nitrogens with zero attached hydrogens (tertiary/aromatic N) is 5. The van der Waals surface area contributed by atoms with Crippen LogP contribution in [0.4, 0.5) is 20.2 Å². The Hall–Kier alpha value is -3.86. The Morgan fingerprint density at radius 2 is 2.06 bits per heavy atom. The fourth-order valence-corrected chi connectivity index (χ4v) is 4.95. The molecule has 3 aromatic heterocycles. The summed E-state index contributed by atoms with van der Waals surface area (Å²) in [6.07, 6.45) is 2.61. The molecule has 2 saturated heterocycles. The molecule has 36 heavy (non-hydrogen) atoms. The number of carbonyl (C=O) groups excluding carboxylic acids is 1. The maximum Gasteiger partial charge on any atom is 0.259 e. The zero-order valence-corrected chi connectivity index (χ0v) is 19.4. The Morgan fingerprint density at radius 3 is 2.78 bits per heavy atom. The van der Waals surface area contributed by atoms with Gasteiger partial charge in [0.25, 0.3) is 5.91 Å². The lowest BCUT2D eigenvalue weighted by atomic mass is 9.78. The number of carbonyl (C=O) groups is 1. The number of aryl methyl sites for hydroxylation is 1. The molecule has 0 radical (unpaired) electrons. The van der Waals surface area contributed by atoms with E-state index < -0.39 is 23.8 Å². The van der Waals surface area contributed by atoms with Gasteiger partial charge in [-0.05, 0) is 37.1 Å². The van der Waals surface area contributed by atoms with Gasteiger partial charge < -0.3 is 19.5 Å². The number of amides is 1. The Balaban J connectivity index is 1.16. The van der Waals surface area contributed by atoms with Gasteiger partial charge in [0, 0.05) is 25.0 Å². The molecule has 5 heterocycles. The molecular weight excluding hydrogens is 470 g/mol. The smallest absolute Gasteiger partial charge is 0.259 e. The molecule has 1 spiro atoms. The van der Waals surface area contributed by atoms with Crippen LogP contribution in [0.1, 0.15) is 34.2 Å². The number of aromatic nitrogens is 4. The molecule has 11 heteroatoms. The Kier molecular flexibility index (Phi) is 4.50. The predicted octanol–water partition coefficient (Wildman–Crippen LogP) is 3.75. The van der Waals surface area contributed by atoms with Gasteiger partial charge in [-0.3, -0.25) is 4.79 Å². The maximum atomic E-state index is 15.5. The number of fused-ring (bicyclic) bond motifs is 1. The lowest BCUT2D eigenvalue weighted by Gasteiger charge is -2.56. The predicted molar refractivity (Wildman–Crippen MR) is 125 cm³/mol. The van der Waals surface area contributed by atoms with Crippen molar-refractivity contribution in [3.63, 3.8) is 0 Å². The third kappa shape index (κ3) is 3.29. The highest BCUT2D eigenvalue weighted by atomic mass is 19.1. The van der Waals surface area contributed by atoms with Crippen LogP contribution in [0.5, 0.6) is 0 Å². The van der Waals surface area contributed by atoms with Gasteiger partial charge in [0.2, 0.25) is 11.7 Å². The van der Waals surface area contributed by atoms with Crippen molar-refractivity contribution in [3.8, 4) is 11.4 Å². The third-order valence-electron chi connectivity index (χ3n) is 7.29. The summed E-state index contributed by atoms with van der Waals surface area (Å²) in [5, 5.41) is 10.8. The Morgan fingerprint density at radius 1 is 1.25 bits per heavy atom. The first-order valence-electron chi connectivity index (χ1n) is 11.8. The summed E-state index contributed by atoms with van der Waals surface area (Å²) in [4.78, 5) is 19.7. The number of hydrogen-bond acceptors (Lipinski definition) is 7. The van der Waals surface area contributed by atoms with Crippen LogP contribution in [-0.4, -0.2) is 58.1 Å². The second kappa shape index (κ2) is 7.57. The molecule has 3 aliphatic rings. The van der Waals surface area contributed by atoms with Gasteiger partial charge >= 0.3 is 0 Å². The second-order valence-corrected chi connectivity index (χ2v) is 10.0. The summed E-state index contributed by atoms with van der Waals surface area (Å²) >= 11 is 0. The number of benzene rings is 1. The molecule has 1 aliphatic carbocycles. The van der Waals surface area contributed by atoms with Gasteiger partial charge in [0.1, 0.15) is 6.17 Å². The first-order chi connectivity index (χ1) is 17.4. The largest absolute Gasteiger partial charge is 0.380 e. The number of rotatable bonds is 5. The standard InChI is InChI=1S/C25H22F2N6O3/c1-13-2-3-15(22-30-24(36-31-22)16-7-18(16)26)20(27)21(13)29-23(34)17-8-28-33-5-4-14(6-19(17)33)32-9-25(10-32)11-35-12-25/h2-6,8,16,18H,7,9-12H2,1H3,(H,29,34)/t16-,18-/m0/s1. The minimum absolute atomic E-state index is 0.0157. The van der Waals surface area contributed by atoms with Crippen LogP contribution in [0.15, 0.2) is 41.2 Å². The van der Waals surface area contributed by atoms with E-state index in [1.807, 2.05) is 18.3 Å². The molecule has 9 nitrogen and oxygen atoms in total. The molecule has 7 rings (SSSR count). The molecule has 4 aromatic rings. The maximum absolute atomic E-state index is 15.5. The first kappa shape index (κ1) is 21.4. The van der Waals surface area contributed by atoms with Crippen molar-refractivity contribution in [3.05, 3.63) is 59.5 Å². The highest BCUT2D eigenvalue weighted by molar-refractivity contribution is 6.09. The van der Waals surface area contributed by atoms with Crippen LogP contribution < -0.4 is 10.2 Å². The van der Waals surface area contributed by atoms with Crippen molar-refractivity contribution < 1.29 is 22.8 Å². The quantitative estimate of drug-likeness (QED) is 0.453. The average Bonchev–Trinajstić information content (AvgIpc) is 3.19. The molecule has 2 atom stereocenters. The molecule has 184 valence electrons. The number of halogens is 2. The van der Waals surface area contributed by atoms with Gasteiger partial charge in [0.05, 0.1) is 53.1 Å². The summed E-state index contributed by atoms with van der Waals surface area (Å²) in [5.41, 5.74) is 2.83. The third-order valence-corrected chi connectivity index (χ3v) is 7.29. The zero-order valence-electron chi connectivity index (χ0n) is 19.4. The van der Waals surface area contributed by atoms with Crippen LogP contribution in [0, 0.1) is 18.2 Å². The SMILES string of the molecule is Cc1ccc(-c2noc([C@H]3C[C@@H]3F)n2)c(F)c1NC(=O)c1cnn2ccc(N3CC4(COC4)C3)cc12. The van der Waals surface area contributed by atoms with Crippen molar-refractivity contribution >= 4 is 22.8 Å². The van der Waals surface area contributed by atoms with E-state index >= 15 is 4.39 Å². The molecule has 0 unspecified atom stereocenters. The van der Waals surface area contributed by atoms with Crippen LogP contribution in [0.3, 0.4) is 0 Å². The van der Waals surface area contributed by atoms with Crippen LogP contribution in [0.25, 0.3) is 16.9 Å². The first-order valence-corrected chi connectivity index (χ1v) is 11.8. The van der Waals surface area contributed by atoms with Crippen LogP contribution >= 0.6 is 0 Å². The number of pyridine rings is 1. The van der Waals surface area contributed by atoms with Crippen LogP contribution in [0.2, 0.25) is 0 Å². The molecule has 0 bridgehead atoms. The topological polar surface area (TPSA) is 97.8 Å². The summed E-state index contributed by atoms with van der Waals surface area (Å²) in [7, 11) is 0. The monoisotopic (exact) mass is 492 g/mol. The van der Waals surface area contributed by atoms with E-state index in [2.05, 4.69) is 25.5 Å². The van der Waals surface area contributed by atoms with Crippen molar-refractivity contribution in [2.45, 2.75) is 25.4 Å². The average molecular weight is 492 g/mol. The molecule has 1 N–H and O–H groups in total. The lowest BCUT2D eigenvalue weighted by Crippen LogP contribution is -2.66. The van der Waals surface area contributed by atoms with E-state index in [1.54, 1.807) is 17.5 Å². The Bertz CT molecular complexity index is 1520. The highest BCUT2D eigenvalue weighted by Crippen LogP contribution is 2.43. The summed E-state index contributed by atoms with van der Waals surface area (Å²) in [5.74, 6) is -1.43. The van der Waals surface area contributed by atoms with Crippen LogP contribution in [-0.2, 0) is 4.74 Å². The van der Waals surface area contributed by atoms with E-state index in [0.717, 1.165) is 32.0 Å². The highest BCUT2D eigenvalue weighted by Gasteiger charge is 2.49. The normalized spacial score (nSPS) is 21.9. The lowest BCUT2D eigenvalue weighted by molar-refractivity contribution is -0.127. The minimum Gasteiger partial charge on any atom is -0.380 e. The summed E-state index contributed by atoms with van der Waals surface area (Å²) in [6, 6.07) is 7.07. The fraction of sp³-hybridized carbons (Fsp3) is 0.360. The number of hydrogen-bond donors (Lipinski definition) is 1. The van der Waals surface area contributed by atoms with Gasteiger partial charge in [0.15, 0.2) is 5.82 Å². The van der Waals surface area contributed by atoms with E-state index in [4.69, 9.17) is 9.26 Å². The van der Waals surface area contributed by atoms with E-state index in [9.17, 15) is 9.18 Å². The molecule has 3 fully saturated rings. The van der Waals surface area contributed by atoms with Gasteiger partial charge in [-0.15, -0.1) is 0 Å². The molecule has 1 amide bonds. The number of anilines is 2. The van der Waals surface area contributed by atoms with E-state index in [0.29, 0.717) is 23.1 Å². The minimum atomic E-state index is -1.00. The molecule has 2 aliphatic heterocycles. The van der Waals surface area contributed by atoms with Crippen molar-refractivity contribution in [1.82, 2.24) is 19.8 Å². The Labute approximate surface area is 204 Å². The number of alkyl halides is 1. The second-order valence-electron chi connectivity index (χ2n) is 10.0. The van der Waals surface area contributed by atoms with E-state index in [-0.39, 0.29) is 28.4 Å². The molecule has 1 saturated carbocycles. The summed E-state index contributed by atoms with van der Waals surface area (Å²) in [6.45, 7) is 5.11. The number of ether oxygens (including phenoxy) is 1.